The van der Waals surface area contributed by atoms with Crippen LogP contribution < -0.4 is 5.73 Å². The molecule has 1 heterocycles. The van der Waals surface area contributed by atoms with E-state index in [0.29, 0.717) is 10.8 Å². The normalized spacial score (nSPS) is 10.4. The predicted molar refractivity (Wildman–Crippen MR) is 56.1 cm³/mol. The molecule has 2 N–H and O–H groups in total. The smallest absolute Gasteiger partial charge is 0.292 e. The summed E-state index contributed by atoms with van der Waals surface area (Å²) in [5, 5.41) is 0.697. The second kappa shape index (κ2) is 3.35. The second-order valence-corrected chi connectivity index (χ2v) is 3.40. The van der Waals surface area contributed by atoms with Crippen LogP contribution in [-0.4, -0.2) is 4.98 Å². The fraction of sp³-hybridized carbons (Fsp3) is 0.100. The zero-order chi connectivity index (χ0) is 10.1. The molecule has 0 radical (unpaired) electrons. The lowest BCUT2D eigenvalue weighted by Gasteiger charge is -1.96. The first-order valence-electron chi connectivity index (χ1n) is 4.15. The number of oxazole rings is 1. The molecule has 4 heteroatoms. The maximum Gasteiger partial charge on any atom is 0.292 e. The van der Waals surface area contributed by atoms with E-state index in [1.165, 1.54) is 0 Å². The fourth-order valence-electron chi connectivity index (χ4n) is 1.29. The van der Waals surface area contributed by atoms with Crippen LogP contribution in [0.4, 0.5) is 6.01 Å². The highest BCUT2D eigenvalue weighted by atomic mass is 35.5. The SMILES string of the molecule is Cc1oc(N)nc1-c1ccc(Cl)cc1. The summed E-state index contributed by atoms with van der Waals surface area (Å²) < 4.78 is 5.13. The van der Waals surface area contributed by atoms with Crippen LogP contribution in [0.2, 0.25) is 5.02 Å². The zero-order valence-electron chi connectivity index (χ0n) is 7.62. The first-order valence-corrected chi connectivity index (χ1v) is 4.53. The highest BCUT2D eigenvalue weighted by Gasteiger charge is 2.08. The van der Waals surface area contributed by atoms with E-state index in [0.717, 1.165) is 11.3 Å². The van der Waals surface area contributed by atoms with Gasteiger partial charge < -0.3 is 10.2 Å². The van der Waals surface area contributed by atoms with Gasteiger partial charge in [0, 0.05) is 10.6 Å². The Hall–Kier alpha value is -1.48. The molecule has 0 aliphatic rings. The van der Waals surface area contributed by atoms with E-state index < -0.39 is 0 Å². The van der Waals surface area contributed by atoms with Crippen LogP contribution >= 0.6 is 11.6 Å². The lowest BCUT2D eigenvalue weighted by Crippen LogP contribution is -1.83. The molecule has 0 bridgehead atoms. The number of hydrogen-bond acceptors (Lipinski definition) is 3. The third-order valence-corrected chi connectivity index (χ3v) is 2.18. The Morgan fingerprint density at radius 3 is 2.43 bits per heavy atom. The first-order chi connectivity index (χ1) is 6.66. The minimum Gasteiger partial charge on any atom is -0.429 e. The molecule has 0 atom stereocenters. The first kappa shape index (κ1) is 9.09. The summed E-state index contributed by atoms with van der Waals surface area (Å²) in [6.07, 6.45) is 0. The maximum atomic E-state index is 5.78. The van der Waals surface area contributed by atoms with Gasteiger partial charge in [0.25, 0.3) is 6.01 Å². The molecule has 1 aromatic carbocycles. The van der Waals surface area contributed by atoms with Crippen molar-refractivity contribution < 1.29 is 4.42 Å². The number of aryl methyl sites for hydroxylation is 1. The van der Waals surface area contributed by atoms with Crippen LogP contribution in [0.15, 0.2) is 28.7 Å². The molecule has 0 unspecified atom stereocenters. The van der Waals surface area contributed by atoms with Crippen molar-refractivity contribution in [2.45, 2.75) is 6.92 Å². The summed E-state index contributed by atoms with van der Waals surface area (Å²) in [6.45, 7) is 1.83. The Balaban J connectivity index is 2.49. The van der Waals surface area contributed by atoms with E-state index in [2.05, 4.69) is 4.98 Å². The Morgan fingerprint density at radius 1 is 1.29 bits per heavy atom. The van der Waals surface area contributed by atoms with Crippen LogP contribution in [0.1, 0.15) is 5.76 Å². The molecule has 0 aliphatic heterocycles. The Kier molecular flexibility index (Phi) is 2.17. The molecule has 3 nitrogen and oxygen atoms in total. The number of hydrogen-bond donors (Lipinski definition) is 1. The van der Waals surface area contributed by atoms with Gasteiger partial charge in [-0.25, -0.2) is 0 Å². The number of halogens is 1. The van der Waals surface area contributed by atoms with Crippen molar-refractivity contribution in [1.29, 1.82) is 0 Å². The minimum absolute atomic E-state index is 0.187. The molecule has 72 valence electrons. The number of benzene rings is 1. The standard InChI is InChI=1S/C10H9ClN2O/c1-6-9(13-10(12)14-6)7-2-4-8(11)5-3-7/h2-5H,1H3,(H2,12,13). The minimum atomic E-state index is 0.187. The van der Waals surface area contributed by atoms with Gasteiger partial charge in [-0.1, -0.05) is 23.7 Å². The number of aromatic nitrogens is 1. The maximum absolute atomic E-state index is 5.78. The molecule has 0 saturated carbocycles. The van der Waals surface area contributed by atoms with Gasteiger partial charge in [0.15, 0.2) is 0 Å². The van der Waals surface area contributed by atoms with Gasteiger partial charge in [0.05, 0.1) is 0 Å². The molecule has 0 aliphatic carbocycles. The Bertz CT molecular complexity index is 448. The lowest BCUT2D eigenvalue weighted by molar-refractivity contribution is 0.549. The van der Waals surface area contributed by atoms with Gasteiger partial charge in [-0.15, -0.1) is 0 Å². The van der Waals surface area contributed by atoms with Gasteiger partial charge in [-0.3, -0.25) is 0 Å². The monoisotopic (exact) mass is 208 g/mol. The van der Waals surface area contributed by atoms with Crippen molar-refractivity contribution >= 4 is 17.6 Å². The van der Waals surface area contributed by atoms with E-state index in [1.807, 2.05) is 19.1 Å². The van der Waals surface area contributed by atoms with E-state index in [-0.39, 0.29) is 6.01 Å². The van der Waals surface area contributed by atoms with E-state index in [1.54, 1.807) is 12.1 Å². The van der Waals surface area contributed by atoms with E-state index >= 15 is 0 Å². The van der Waals surface area contributed by atoms with Crippen molar-refractivity contribution in [2.24, 2.45) is 0 Å². The third-order valence-electron chi connectivity index (χ3n) is 1.93. The number of nitrogen functional groups attached to an aromatic ring is 1. The molecule has 0 fully saturated rings. The van der Waals surface area contributed by atoms with E-state index in [9.17, 15) is 0 Å². The van der Waals surface area contributed by atoms with Gasteiger partial charge in [0.1, 0.15) is 11.5 Å². The van der Waals surface area contributed by atoms with E-state index in [4.69, 9.17) is 21.8 Å². The van der Waals surface area contributed by atoms with Crippen LogP contribution in [0, 0.1) is 6.92 Å². The van der Waals surface area contributed by atoms with Crippen molar-refractivity contribution in [3.63, 3.8) is 0 Å². The molecule has 14 heavy (non-hydrogen) atoms. The van der Waals surface area contributed by atoms with Crippen LogP contribution in [-0.2, 0) is 0 Å². The van der Waals surface area contributed by atoms with Crippen molar-refractivity contribution in [3.05, 3.63) is 35.0 Å². The van der Waals surface area contributed by atoms with Gasteiger partial charge >= 0.3 is 0 Å². The van der Waals surface area contributed by atoms with Gasteiger partial charge in [-0.2, -0.15) is 4.98 Å². The van der Waals surface area contributed by atoms with Crippen molar-refractivity contribution in [2.75, 3.05) is 5.73 Å². The summed E-state index contributed by atoms with van der Waals surface area (Å²) >= 11 is 5.78. The molecule has 0 amide bonds. The summed E-state index contributed by atoms with van der Waals surface area (Å²) in [6, 6.07) is 7.56. The topological polar surface area (TPSA) is 52.0 Å². The zero-order valence-corrected chi connectivity index (χ0v) is 8.38. The average molecular weight is 209 g/mol. The molecule has 2 rings (SSSR count). The van der Waals surface area contributed by atoms with Gasteiger partial charge in [0.2, 0.25) is 0 Å². The summed E-state index contributed by atoms with van der Waals surface area (Å²) in [5.41, 5.74) is 7.16. The van der Waals surface area contributed by atoms with Crippen LogP contribution in [0.25, 0.3) is 11.3 Å². The Labute approximate surface area is 86.5 Å². The number of rotatable bonds is 1. The quantitative estimate of drug-likeness (QED) is 0.784. The molecular formula is C10H9ClN2O. The predicted octanol–water partition coefficient (Wildman–Crippen LogP) is 2.89. The number of nitrogens with two attached hydrogens (primary N) is 1. The third kappa shape index (κ3) is 1.59. The fourth-order valence-corrected chi connectivity index (χ4v) is 1.42. The summed E-state index contributed by atoms with van der Waals surface area (Å²) in [7, 11) is 0. The summed E-state index contributed by atoms with van der Waals surface area (Å²) in [5.74, 6) is 0.713. The number of anilines is 1. The highest BCUT2D eigenvalue weighted by molar-refractivity contribution is 6.30. The summed E-state index contributed by atoms with van der Waals surface area (Å²) in [4.78, 5) is 4.08. The molecule has 1 aromatic heterocycles. The van der Waals surface area contributed by atoms with Crippen molar-refractivity contribution in [3.8, 4) is 11.3 Å². The second-order valence-electron chi connectivity index (χ2n) is 2.96. The molecule has 0 spiro atoms. The number of nitrogens with zero attached hydrogens (tertiary/aromatic N) is 1. The lowest BCUT2D eigenvalue weighted by atomic mass is 10.1. The molecule has 0 saturated heterocycles. The average Bonchev–Trinajstić information content (AvgIpc) is 2.47. The van der Waals surface area contributed by atoms with Crippen molar-refractivity contribution in [1.82, 2.24) is 4.98 Å². The van der Waals surface area contributed by atoms with Crippen LogP contribution in [0.3, 0.4) is 0 Å². The highest BCUT2D eigenvalue weighted by Crippen LogP contribution is 2.25. The van der Waals surface area contributed by atoms with Crippen LogP contribution in [0.5, 0.6) is 0 Å². The Morgan fingerprint density at radius 2 is 1.93 bits per heavy atom. The molecule has 2 aromatic rings. The molecular weight excluding hydrogens is 200 g/mol. The van der Waals surface area contributed by atoms with Gasteiger partial charge in [-0.05, 0) is 19.1 Å². The largest absolute Gasteiger partial charge is 0.429 e.